The van der Waals surface area contributed by atoms with E-state index in [0.29, 0.717) is 6.42 Å². The number of aliphatic carboxylic acids is 1. The number of hydrogen-bond acceptors (Lipinski definition) is 3. The fraction of sp³-hybridized carbons (Fsp3) is 0.800. The number of carbonyl (C=O) groups is 2. The van der Waals surface area contributed by atoms with Crippen LogP contribution in [-0.2, 0) is 9.59 Å². The van der Waals surface area contributed by atoms with E-state index in [9.17, 15) is 9.59 Å². The van der Waals surface area contributed by atoms with Crippen LogP contribution in [0.25, 0.3) is 0 Å². The zero-order valence-corrected chi connectivity index (χ0v) is 9.49. The van der Waals surface area contributed by atoms with E-state index in [0.717, 1.165) is 6.42 Å². The van der Waals surface area contributed by atoms with E-state index in [1.165, 1.54) is 0 Å². The van der Waals surface area contributed by atoms with Crippen molar-refractivity contribution in [3.63, 3.8) is 0 Å². The van der Waals surface area contributed by atoms with E-state index < -0.39 is 24.0 Å². The van der Waals surface area contributed by atoms with Crippen LogP contribution in [0.1, 0.15) is 33.6 Å². The normalized spacial score (nSPS) is 16.5. The van der Waals surface area contributed by atoms with Crippen LogP contribution >= 0.6 is 0 Å². The lowest BCUT2D eigenvalue weighted by Crippen LogP contribution is -2.47. The van der Waals surface area contributed by atoms with Crippen molar-refractivity contribution in [3.8, 4) is 0 Å². The molecule has 1 amide bonds. The summed E-state index contributed by atoms with van der Waals surface area (Å²) in [7, 11) is 0. The Hall–Kier alpha value is -1.10. The number of hydrogen-bond donors (Lipinski definition) is 3. The van der Waals surface area contributed by atoms with Crippen molar-refractivity contribution in [1.82, 2.24) is 5.32 Å². The summed E-state index contributed by atoms with van der Waals surface area (Å²) in [6.45, 7) is 5.16. The molecule has 3 atom stereocenters. The maximum Gasteiger partial charge on any atom is 0.308 e. The molecule has 0 aromatic rings. The van der Waals surface area contributed by atoms with Gasteiger partial charge in [0.25, 0.3) is 0 Å². The summed E-state index contributed by atoms with van der Waals surface area (Å²) in [6, 6.07) is -0.948. The molecule has 0 saturated carbocycles. The summed E-state index contributed by atoms with van der Waals surface area (Å²) in [6.07, 6.45) is 1.44. The highest BCUT2D eigenvalue weighted by molar-refractivity contribution is 5.82. The highest BCUT2D eigenvalue weighted by Crippen LogP contribution is 2.03. The Morgan fingerprint density at radius 1 is 1.40 bits per heavy atom. The van der Waals surface area contributed by atoms with E-state index >= 15 is 0 Å². The zero-order valence-electron chi connectivity index (χ0n) is 9.49. The first-order valence-electron chi connectivity index (χ1n) is 5.18. The lowest BCUT2D eigenvalue weighted by atomic mass is 10.0. The molecule has 0 radical (unpaired) electrons. The zero-order chi connectivity index (χ0) is 12.0. The third-order valence-corrected chi connectivity index (χ3v) is 2.45. The molecule has 0 saturated heterocycles. The minimum atomic E-state index is -0.924. The van der Waals surface area contributed by atoms with Gasteiger partial charge in [0, 0.05) is 6.04 Å². The molecule has 2 unspecified atom stereocenters. The van der Waals surface area contributed by atoms with Gasteiger partial charge in [-0.1, -0.05) is 13.3 Å². The average Bonchev–Trinajstić information content (AvgIpc) is 2.16. The number of nitrogens with one attached hydrogen (secondary N) is 1. The molecule has 0 rings (SSSR count). The first-order valence-corrected chi connectivity index (χ1v) is 5.18. The second kappa shape index (κ2) is 6.40. The largest absolute Gasteiger partial charge is 0.481 e. The predicted octanol–water partition coefficient (Wildman–Crippen LogP) is 0.339. The number of carboxylic acid groups (broad SMARTS) is 1. The van der Waals surface area contributed by atoms with Crippen molar-refractivity contribution >= 4 is 11.9 Å². The maximum absolute atomic E-state index is 11.4. The number of amides is 1. The third-order valence-electron chi connectivity index (χ3n) is 2.45. The molecule has 0 heterocycles. The standard InChI is InChI=1S/C10H20N2O3/c1-4-5-8(11)9(13)12-7(3)6(2)10(14)15/h6-8H,4-5,11H2,1-3H3,(H,12,13)(H,14,15)/t6?,7?,8-/m1/s1. The molecule has 15 heavy (non-hydrogen) atoms. The van der Waals surface area contributed by atoms with Gasteiger partial charge in [-0.2, -0.15) is 0 Å². The van der Waals surface area contributed by atoms with Crippen LogP contribution in [-0.4, -0.2) is 29.1 Å². The Bertz CT molecular complexity index is 231. The summed E-state index contributed by atoms with van der Waals surface area (Å²) in [5.74, 6) is -1.81. The Morgan fingerprint density at radius 3 is 2.33 bits per heavy atom. The third kappa shape index (κ3) is 4.78. The van der Waals surface area contributed by atoms with E-state index in [-0.39, 0.29) is 5.91 Å². The van der Waals surface area contributed by atoms with Crippen LogP contribution in [0, 0.1) is 5.92 Å². The van der Waals surface area contributed by atoms with Gasteiger partial charge in [0.1, 0.15) is 0 Å². The number of rotatable bonds is 6. The number of nitrogens with two attached hydrogens (primary N) is 1. The monoisotopic (exact) mass is 216 g/mol. The molecule has 0 aliphatic heterocycles. The van der Waals surface area contributed by atoms with E-state index in [1.54, 1.807) is 13.8 Å². The quantitative estimate of drug-likeness (QED) is 0.597. The molecule has 0 fully saturated rings. The first kappa shape index (κ1) is 13.9. The second-order valence-electron chi connectivity index (χ2n) is 3.82. The van der Waals surface area contributed by atoms with Crippen molar-refractivity contribution in [2.24, 2.45) is 11.7 Å². The fourth-order valence-corrected chi connectivity index (χ4v) is 1.11. The molecule has 88 valence electrons. The second-order valence-corrected chi connectivity index (χ2v) is 3.82. The van der Waals surface area contributed by atoms with Crippen LogP contribution < -0.4 is 11.1 Å². The van der Waals surface area contributed by atoms with Crippen LogP contribution in [0.2, 0.25) is 0 Å². The van der Waals surface area contributed by atoms with Crippen molar-refractivity contribution in [1.29, 1.82) is 0 Å². The van der Waals surface area contributed by atoms with Crippen molar-refractivity contribution in [2.45, 2.75) is 45.7 Å². The molecule has 4 N–H and O–H groups in total. The van der Waals surface area contributed by atoms with Gasteiger partial charge < -0.3 is 16.2 Å². The summed E-state index contributed by atoms with van der Waals surface area (Å²) in [4.78, 5) is 22.1. The van der Waals surface area contributed by atoms with Crippen LogP contribution in [0.5, 0.6) is 0 Å². The van der Waals surface area contributed by atoms with Gasteiger partial charge in [-0.15, -0.1) is 0 Å². The Kier molecular flexibility index (Phi) is 5.93. The smallest absolute Gasteiger partial charge is 0.308 e. The topological polar surface area (TPSA) is 92.4 Å². The van der Waals surface area contributed by atoms with Crippen LogP contribution in [0.4, 0.5) is 0 Å². The molecular formula is C10H20N2O3. The highest BCUT2D eigenvalue weighted by atomic mass is 16.4. The lowest BCUT2D eigenvalue weighted by molar-refractivity contribution is -0.142. The van der Waals surface area contributed by atoms with Crippen molar-refractivity contribution in [3.05, 3.63) is 0 Å². The van der Waals surface area contributed by atoms with Gasteiger partial charge in [0.2, 0.25) is 5.91 Å². The molecule has 0 bridgehead atoms. The maximum atomic E-state index is 11.4. The van der Waals surface area contributed by atoms with Gasteiger partial charge in [0.05, 0.1) is 12.0 Å². The van der Waals surface area contributed by atoms with E-state index in [1.807, 2.05) is 6.92 Å². The lowest BCUT2D eigenvalue weighted by Gasteiger charge is -2.20. The summed E-state index contributed by atoms with van der Waals surface area (Å²) < 4.78 is 0. The minimum absolute atomic E-state index is 0.280. The van der Waals surface area contributed by atoms with Gasteiger partial charge in [-0.3, -0.25) is 9.59 Å². The van der Waals surface area contributed by atoms with Gasteiger partial charge in [-0.25, -0.2) is 0 Å². The molecular weight excluding hydrogens is 196 g/mol. The minimum Gasteiger partial charge on any atom is -0.481 e. The van der Waals surface area contributed by atoms with E-state index in [4.69, 9.17) is 10.8 Å². The number of carbonyl (C=O) groups excluding carboxylic acids is 1. The van der Waals surface area contributed by atoms with Crippen LogP contribution in [0.3, 0.4) is 0 Å². The Labute approximate surface area is 90.0 Å². The van der Waals surface area contributed by atoms with Gasteiger partial charge in [-0.05, 0) is 20.3 Å². The summed E-state index contributed by atoms with van der Waals surface area (Å²) in [5.41, 5.74) is 5.59. The number of carboxylic acids is 1. The molecule has 0 aliphatic carbocycles. The summed E-state index contributed by atoms with van der Waals surface area (Å²) in [5, 5.41) is 11.3. The summed E-state index contributed by atoms with van der Waals surface area (Å²) >= 11 is 0. The molecule has 0 spiro atoms. The molecule has 0 aromatic carbocycles. The fourth-order valence-electron chi connectivity index (χ4n) is 1.11. The highest BCUT2D eigenvalue weighted by Gasteiger charge is 2.22. The van der Waals surface area contributed by atoms with Crippen molar-refractivity contribution < 1.29 is 14.7 Å². The molecule has 5 heteroatoms. The molecule has 0 aromatic heterocycles. The Balaban J connectivity index is 4.11. The van der Waals surface area contributed by atoms with Crippen molar-refractivity contribution in [2.75, 3.05) is 0 Å². The average molecular weight is 216 g/mol. The SMILES string of the molecule is CCC[C@@H](N)C(=O)NC(C)C(C)C(=O)O. The van der Waals surface area contributed by atoms with Crippen LogP contribution in [0.15, 0.2) is 0 Å². The van der Waals surface area contributed by atoms with Gasteiger partial charge >= 0.3 is 5.97 Å². The van der Waals surface area contributed by atoms with Gasteiger partial charge in [0.15, 0.2) is 0 Å². The van der Waals surface area contributed by atoms with E-state index in [2.05, 4.69) is 5.32 Å². The first-order chi connectivity index (χ1) is 6.90. The molecule has 5 nitrogen and oxygen atoms in total. The Morgan fingerprint density at radius 2 is 1.93 bits per heavy atom. The predicted molar refractivity (Wildman–Crippen MR) is 57.3 cm³/mol. The molecule has 0 aliphatic rings.